The zero-order valence-electron chi connectivity index (χ0n) is 20.4. The quantitative estimate of drug-likeness (QED) is 0.165. The third-order valence-electron chi connectivity index (χ3n) is 5.32. The second-order valence-electron chi connectivity index (χ2n) is 8.26. The van der Waals surface area contributed by atoms with E-state index in [1.807, 2.05) is 6.92 Å². The molecule has 0 aliphatic heterocycles. The zero-order valence-corrected chi connectivity index (χ0v) is 22.1. The molecule has 0 heterocycles. The molecule has 0 aromatic heterocycles. The van der Waals surface area contributed by atoms with Gasteiger partial charge in [-0.25, -0.2) is 0 Å². The molecule has 0 saturated carbocycles. The summed E-state index contributed by atoms with van der Waals surface area (Å²) in [6.45, 7) is 4.05. The maximum absolute atomic E-state index is 12.6. The van der Waals surface area contributed by atoms with E-state index in [4.69, 9.17) is 17.8 Å². The smallest absolute Gasteiger partial charge is 0.300 e. The lowest BCUT2D eigenvalue weighted by molar-refractivity contribution is -0.550. The van der Waals surface area contributed by atoms with Crippen LogP contribution < -0.4 is 9.47 Å². The Morgan fingerprint density at radius 3 is 2.22 bits per heavy atom. The second-order valence-corrected chi connectivity index (χ2v) is 11.5. The first-order chi connectivity index (χ1) is 17.4. The van der Waals surface area contributed by atoms with E-state index in [9.17, 15) is 26.9 Å². The topological polar surface area (TPSA) is 148 Å². The van der Waals surface area contributed by atoms with Gasteiger partial charge in [0, 0.05) is 11.8 Å². The van der Waals surface area contributed by atoms with Crippen LogP contribution in [0.25, 0.3) is 0 Å². The molecule has 0 bridgehead atoms. The van der Waals surface area contributed by atoms with Crippen molar-refractivity contribution >= 4 is 20.2 Å². The monoisotopic (exact) mass is 553 g/mol. The second kappa shape index (κ2) is 11.4. The summed E-state index contributed by atoms with van der Waals surface area (Å²) < 4.78 is 71.3. The van der Waals surface area contributed by atoms with Crippen LogP contribution >= 0.6 is 0 Å². The van der Waals surface area contributed by atoms with Gasteiger partial charge < -0.3 is 9.47 Å². The van der Waals surface area contributed by atoms with Crippen molar-refractivity contribution < 1.29 is 39.6 Å². The number of hydrogen-bond donors (Lipinski definition) is 0. The highest BCUT2D eigenvalue weighted by atomic mass is 32.2. The van der Waals surface area contributed by atoms with Crippen molar-refractivity contribution in [1.82, 2.24) is 0 Å². The summed E-state index contributed by atoms with van der Waals surface area (Å²) in [5, 5.41) is 11.6. The minimum Gasteiger partial charge on any atom is -0.487 e. The van der Waals surface area contributed by atoms with Crippen LogP contribution in [0.5, 0.6) is 11.5 Å². The standard InChI is InChI=1S/C24H27NO10S2/c1-4-33-37(30,31)23-13-14-24(3,25(26)27)17-22(23)35-21-8-6-5-7-20(21)32-15-16-34-36(28,29)19-11-9-18(2)10-12-19/h5-14H,4,15-17H2,1-3H3. The third-order valence-corrected chi connectivity index (χ3v) is 8.09. The number of para-hydroxylation sites is 2. The average Bonchev–Trinajstić information content (AvgIpc) is 2.83. The van der Waals surface area contributed by atoms with E-state index < -0.39 is 30.7 Å². The van der Waals surface area contributed by atoms with E-state index in [1.165, 1.54) is 44.2 Å². The van der Waals surface area contributed by atoms with Crippen LogP contribution in [-0.2, 0) is 28.6 Å². The van der Waals surface area contributed by atoms with Crippen LogP contribution in [0.15, 0.2) is 76.2 Å². The molecule has 1 unspecified atom stereocenters. The van der Waals surface area contributed by atoms with Crippen LogP contribution in [0, 0.1) is 17.0 Å². The zero-order chi connectivity index (χ0) is 27.3. The van der Waals surface area contributed by atoms with E-state index in [-0.39, 0.29) is 53.3 Å². The fourth-order valence-electron chi connectivity index (χ4n) is 3.33. The van der Waals surface area contributed by atoms with Crippen molar-refractivity contribution in [3.63, 3.8) is 0 Å². The largest absolute Gasteiger partial charge is 0.487 e. The molecule has 1 atom stereocenters. The van der Waals surface area contributed by atoms with E-state index in [1.54, 1.807) is 24.3 Å². The molecule has 0 fully saturated rings. The maximum atomic E-state index is 12.6. The number of benzene rings is 2. The molecule has 0 radical (unpaired) electrons. The van der Waals surface area contributed by atoms with Crippen molar-refractivity contribution in [3.05, 3.63) is 87.0 Å². The molecule has 3 rings (SSSR count). The van der Waals surface area contributed by atoms with Crippen LogP contribution in [0.4, 0.5) is 0 Å². The van der Waals surface area contributed by atoms with Crippen molar-refractivity contribution in [3.8, 4) is 11.5 Å². The lowest BCUT2D eigenvalue weighted by Gasteiger charge is -2.25. The molecular weight excluding hydrogens is 526 g/mol. The minimum absolute atomic E-state index is 0.0102. The summed E-state index contributed by atoms with van der Waals surface area (Å²) in [7, 11) is -8.23. The van der Waals surface area contributed by atoms with Gasteiger partial charge in [-0.3, -0.25) is 18.5 Å². The van der Waals surface area contributed by atoms with Gasteiger partial charge >= 0.3 is 0 Å². The van der Waals surface area contributed by atoms with Crippen molar-refractivity contribution in [1.29, 1.82) is 0 Å². The fourth-order valence-corrected chi connectivity index (χ4v) is 5.28. The summed E-state index contributed by atoms with van der Waals surface area (Å²) in [5.41, 5.74) is -0.702. The molecule has 0 N–H and O–H groups in total. The number of nitro groups is 1. The Bertz CT molecular complexity index is 1410. The lowest BCUT2D eigenvalue weighted by atomic mass is 9.93. The predicted octanol–water partition coefficient (Wildman–Crippen LogP) is 3.73. The van der Waals surface area contributed by atoms with Crippen molar-refractivity contribution in [2.45, 2.75) is 37.6 Å². The highest BCUT2D eigenvalue weighted by molar-refractivity contribution is 7.91. The van der Waals surface area contributed by atoms with Gasteiger partial charge in [-0.2, -0.15) is 16.8 Å². The highest BCUT2D eigenvalue weighted by Gasteiger charge is 2.42. The Balaban J connectivity index is 1.78. The van der Waals surface area contributed by atoms with Crippen LogP contribution in [0.1, 0.15) is 25.8 Å². The van der Waals surface area contributed by atoms with Gasteiger partial charge in [-0.15, -0.1) is 0 Å². The first-order valence-corrected chi connectivity index (χ1v) is 14.0. The summed E-state index contributed by atoms with van der Waals surface area (Å²) in [5.74, 6) is 0.0327. The van der Waals surface area contributed by atoms with Gasteiger partial charge in [0.1, 0.15) is 23.9 Å². The molecular formula is C24H27NO10S2. The summed E-state index contributed by atoms with van der Waals surface area (Å²) in [6, 6.07) is 12.4. The first-order valence-electron chi connectivity index (χ1n) is 11.2. The van der Waals surface area contributed by atoms with Crippen molar-refractivity contribution in [2.24, 2.45) is 0 Å². The Morgan fingerprint density at radius 1 is 0.946 bits per heavy atom. The fraction of sp³-hybridized carbons (Fsp3) is 0.333. The van der Waals surface area contributed by atoms with Crippen molar-refractivity contribution in [2.75, 3.05) is 19.8 Å². The van der Waals surface area contributed by atoms with E-state index in [0.717, 1.165) is 11.6 Å². The van der Waals surface area contributed by atoms with E-state index in [2.05, 4.69) is 0 Å². The van der Waals surface area contributed by atoms with Crippen LogP contribution in [-0.4, -0.2) is 47.1 Å². The number of nitrogens with zero attached hydrogens (tertiary/aromatic N) is 1. The molecule has 200 valence electrons. The maximum Gasteiger partial charge on any atom is 0.300 e. The molecule has 0 spiro atoms. The molecule has 37 heavy (non-hydrogen) atoms. The van der Waals surface area contributed by atoms with Crippen LogP contribution in [0.3, 0.4) is 0 Å². The Morgan fingerprint density at radius 2 is 1.59 bits per heavy atom. The van der Waals surface area contributed by atoms with Gasteiger partial charge in [0.2, 0.25) is 5.54 Å². The number of rotatable bonds is 12. The Hall–Kier alpha value is -3.26. The number of allylic oxidation sites excluding steroid dienone is 1. The predicted molar refractivity (Wildman–Crippen MR) is 134 cm³/mol. The Kier molecular flexibility index (Phi) is 8.74. The van der Waals surface area contributed by atoms with E-state index >= 15 is 0 Å². The van der Waals surface area contributed by atoms with Gasteiger partial charge in [0.25, 0.3) is 20.2 Å². The SMILES string of the molecule is CCOS(=O)(=O)C1=C(Oc2ccccc2OCCOS(=O)(=O)c2ccc(C)cc2)CC(C)([N+](=O)[O-])C=C1. The van der Waals surface area contributed by atoms with Gasteiger partial charge in [-0.05, 0) is 50.3 Å². The normalized spacial score (nSPS) is 18.0. The summed E-state index contributed by atoms with van der Waals surface area (Å²) in [6.07, 6.45) is 1.92. The molecule has 0 amide bonds. The summed E-state index contributed by atoms with van der Waals surface area (Å²) in [4.78, 5) is 10.7. The summed E-state index contributed by atoms with van der Waals surface area (Å²) >= 11 is 0. The molecule has 13 heteroatoms. The molecule has 2 aromatic rings. The van der Waals surface area contributed by atoms with Gasteiger partial charge in [0.15, 0.2) is 11.5 Å². The molecule has 11 nitrogen and oxygen atoms in total. The molecule has 1 aliphatic rings. The van der Waals surface area contributed by atoms with E-state index in [0.29, 0.717) is 0 Å². The molecule has 2 aromatic carbocycles. The van der Waals surface area contributed by atoms with Crippen LogP contribution in [0.2, 0.25) is 0 Å². The first kappa shape index (κ1) is 28.3. The third kappa shape index (κ3) is 6.95. The molecule has 1 aliphatic carbocycles. The highest BCUT2D eigenvalue weighted by Crippen LogP contribution is 2.36. The average molecular weight is 554 g/mol. The number of ether oxygens (including phenoxy) is 2. The minimum atomic E-state index is -4.24. The lowest BCUT2D eigenvalue weighted by Crippen LogP contribution is -2.36. The number of hydrogen-bond acceptors (Lipinski definition) is 10. The molecule has 0 saturated heterocycles. The van der Waals surface area contributed by atoms with Gasteiger partial charge in [0.05, 0.1) is 17.9 Å². The Labute approximate surface area is 215 Å². The number of aryl methyl sites for hydroxylation is 1. The van der Waals surface area contributed by atoms with Gasteiger partial charge in [-0.1, -0.05) is 29.8 Å².